The lowest BCUT2D eigenvalue weighted by Gasteiger charge is -2.01. The number of aliphatic hydroxyl groups excluding tert-OH is 2. The maximum Gasteiger partial charge on any atom is 0.0947 e. The van der Waals surface area contributed by atoms with Crippen LogP contribution in [0.4, 0.5) is 0 Å². The third-order valence-electron chi connectivity index (χ3n) is 2.06. The van der Waals surface area contributed by atoms with Crippen LogP contribution in [0.1, 0.15) is 0 Å². The Kier molecular flexibility index (Phi) is 8.45. The summed E-state index contributed by atoms with van der Waals surface area (Å²) in [5, 5.41) is 16.2. The molecule has 2 unspecified atom stereocenters. The molecule has 102 valence electrons. The number of nitrogens with one attached hydrogen (secondary N) is 2. The molecule has 0 amide bonds. The van der Waals surface area contributed by atoms with Crippen LogP contribution in [0.2, 0.25) is 0 Å². The van der Waals surface area contributed by atoms with Crippen molar-refractivity contribution in [1.82, 2.24) is 10.9 Å². The molecular weight excluding hydrogens is 228 g/mol. The molecule has 0 aromatic heterocycles. The Hall–Kier alpha value is -0.280. The lowest BCUT2D eigenvalue weighted by Crippen LogP contribution is -2.37. The zero-order valence-electron chi connectivity index (χ0n) is 9.93. The van der Waals surface area contributed by atoms with Gasteiger partial charge in [-0.2, -0.15) is 0 Å². The van der Waals surface area contributed by atoms with Crippen LogP contribution in [0.15, 0.2) is 0 Å². The Morgan fingerprint density at radius 1 is 0.941 bits per heavy atom. The Balaban J connectivity index is 0.000000185. The van der Waals surface area contributed by atoms with Gasteiger partial charge in [0.15, 0.2) is 0 Å². The molecule has 0 radical (unpaired) electrons. The first-order valence-corrected chi connectivity index (χ1v) is 5.85. The molecule has 0 bridgehead atoms. The monoisotopic (exact) mass is 250 g/mol. The fourth-order valence-electron chi connectivity index (χ4n) is 0.975. The molecule has 0 aliphatic carbocycles. The summed E-state index contributed by atoms with van der Waals surface area (Å²) in [6, 6.07) is 0. The second-order valence-corrected chi connectivity index (χ2v) is 3.73. The van der Waals surface area contributed by atoms with Crippen LogP contribution < -0.4 is 10.9 Å². The van der Waals surface area contributed by atoms with Gasteiger partial charge in [0.1, 0.15) is 0 Å². The van der Waals surface area contributed by atoms with E-state index in [1.807, 2.05) is 0 Å². The lowest BCUT2D eigenvalue weighted by molar-refractivity contribution is 0.0650. The maximum atomic E-state index is 8.09. The number of hydrazine groups is 1. The normalized spacial score (nSPS) is 25.1. The fraction of sp³-hybridized carbons (Fsp3) is 1.00. The summed E-state index contributed by atoms with van der Waals surface area (Å²) in [5.41, 5.74) is 6.13. The van der Waals surface area contributed by atoms with E-state index in [0.29, 0.717) is 25.4 Å². The van der Waals surface area contributed by atoms with E-state index in [2.05, 4.69) is 15.6 Å². The van der Waals surface area contributed by atoms with Crippen LogP contribution in [0.5, 0.6) is 0 Å². The minimum absolute atomic E-state index is 0.0278. The molecule has 2 aliphatic heterocycles. The van der Waals surface area contributed by atoms with Crippen LogP contribution >= 0.6 is 0 Å². The molecule has 7 nitrogen and oxygen atoms in total. The second kappa shape index (κ2) is 9.72. The molecule has 2 atom stereocenters. The number of aliphatic hydroxyl groups is 2. The van der Waals surface area contributed by atoms with Crippen molar-refractivity contribution in [3.05, 3.63) is 0 Å². The summed E-state index contributed by atoms with van der Waals surface area (Å²) < 4.78 is 14.6. The molecular formula is C10H22N2O5. The number of epoxide rings is 2. The number of ether oxygens (including phenoxy) is 3. The summed E-state index contributed by atoms with van der Waals surface area (Å²) in [6.07, 6.45) is 0.903. The van der Waals surface area contributed by atoms with Crippen molar-refractivity contribution < 1.29 is 24.4 Å². The van der Waals surface area contributed by atoms with Crippen molar-refractivity contribution in [2.75, 3.05) is 52.7 Å². The van der Waals surface area contributed by atoms with E-state index in [9.17, 15) is 0 Å². The molecule has 2 fully saturated rings. The van der Waals surface area contributed by atoms with E-state index in [1.54, 1.807) is 0 Å². The van der Waals surface area contributed by atoms with Crippen molar-refractivity contribution >= 4 is 0 Å². The molecule has 2 saturated heterocycles. The molecule has 0 aromatic carbocycles. The summed E-state index contributed by atoms with van der Waals surface area (Å²) in [5.74, 6) is 0. The molecule has 17 heavy (non-hydrogen) atoms. The minimum Gasteiger partial charge on any atom is -0.394 e. The average molecular weight is 250 g/mol. The van der Waals surface area contributed by atoms with E-state index < -0.39 is 0 Å². The number of hydrogen-bond acceptors (Lipinski definition) is 7. The highest BCUT2D eigenvalue weighted by atomic mass is 16.6. The van der Waals surface area contributed by atoms with Crippen molar-refractivity contribution in [3.63, 3.8) is 0 Å². The van der Waals surface area contributed by atoms with Gasteiger partial charge in [-0.15, -0.1) is 0 Å². The van der Waals surface area contributed by atoms with Crippen molar-refractivity contribution in [2.24, 2.45) is 0 Å². The highest BCUT2D eigenvalue weighted by Crippen LogP contribution is 2.07. The molecule has 0 saturated carbocycles. The lowest BCUT2D eigenvalue weighted by atomic mass is 10.5. The SMILES string of the molecule is C(NNCC1CO1)C1CO1.OCCOCCO. The van der Waals surface area contributed by atoms with Crippen LogP contribution in [0.25, 0.3) is 0 Å². The van der Waals surface area contributed by atoms with Gasteiger partial charge in [-0.3, -0.25) is 10.9 Å². The fourth-order valence-corrected chi connectivity index (χ4v) is 0.975. The summed E-state index contributed by atoms with van der Waals surface area (Å²) in [7, 11) is 0. The quantitative estimate of drug-likeness (QED) is 0.211. The topological polar surface area (TPSA) is 98.8 Å². The minimum atomic E-state index is 0.0278. The molecule has 7 heteroatoms. The first-order valence-electron chi connectivity index (χ1n) is 5.85. The average Bonchev–Trinajstić information content (AvgIpc) is 3.20. The predicted octanol–water partition coefficient (Wildman–Crippen LogP) is -2.13. The zero-order chi connectivity index (χ0) is 12.3. The summed E-state index contributed by atoms with van der Waals surface area (Å²) in [4.78, 5) is 0. The van der Waals surface area contributed by atoms with Crippen molar-refractivity contribution in [3.8, 4) is 0 Å². The molecule has 2 aliphatic rings. The van der Waals surface area contributed by atoms with E-state index in [0.717, 1.165) is 26.3 Å². The number of rotatable bonds is 9. The smallest absolute Gasteiger partial charge is 0.0947 e. The van der Waals surface area contributed by atoms with Crippen LogP contribution in [-0.4, -0.2) is 75.2 Å². The van der Waals surface area contributed by atoms with Crippen molar-refractivity contribution in [1.29, 1.82) is 0 Å². The third-order valence-corrected chi connectivity index (χ3v) is 2.06. The molecule has 2 rings (SSSR count). The third kappa shape index (κ3) is 10.6. The summed E-state index contributed by atoms with van der Waals surface area (Å²) in [6.45, 7) is 4.34. The van der Waals surface area contributed by atoms with Gasteiger partial charge in [0, 0.05) is 13.1 Å². The van der Waals surface area contributed by atoms with Gasteiger partial charge < -0.3 is 24.4 Å². The Bertz CT molecular complexity index is 158. The molecule has 0 aromatic rings. The standard InChI is InChI=1S/C6H12N2O2.C4H10O3/c1(5-3-9-5)7-8-2-6-4-10-6;5-1-3-7-4-2-6/h5-8H,1-4H2;5-6H,1-4H2. The van der Waals surface area contributed by atoms with Gasteiger partial charge >= 0.3 is 0 Å². The van der Waals surface area contributed by atoms with Gasteiger partial charge in [0.2, 0.25) is 0 Å². The van der Waals surface area contributed by atoms with E-state index >= 15 is 0 Å². The molecule has 4 N–H and O–H groups in total. The van der Waals surface area contributed by atoms with Gasteiger partial charge in [0.05, 0.1) is 51.8 Å². The van der Waals surface area contributed by atoms with Crippen molar-refractivity contribution in [2.45, 2.75) is 12.2 Å². The Morgan fingerprint density at radius 2 is 1.35 bits per heavy atom. The maximum absolute atomic E-state index is 8.09. The Morgan fingerprint density at radius 3 is 1.65 bits per heavy atom. The Labute approximate surface area is 101 Å². The molecule has 2 heterocycles. The van der Waals surface area contributed by atoms with Gasteiger partial charge in [-0.05, 0) is 0 Å². The highest BCUT2D eigenvalue weighted by molar-refractivity contribution is 4.73. The van der Waals surface area contributed by atoms with Crippen LogP contribution in [-0.2, 0) is 14.2 Å². The second-order valence-electron chi connectivity index (χ2n) is 3.73. The number of hydrogen-bond donors (Lipinski definition) is 4. The largest absolute Gasteiger partial charge is 0.394 e. The van der Waals surface area contributed by atoms with E-state index in [-0.39, 0.29) is 13.2 Å². The van der Waals surface area contributed by atoms with E-state index in [1.165, 1.54) is 0 Å². The van der Waals surface area contributed by atoms with Gasteiger partial charge in [-0.1, -0.05) is 0 Å². The predicted molar refractivity (Wildman–Crippen MR) is 60.5 cm³/mol. The first kappa shape index (κ1) is 14.8. The van der Waals surface area contributed by atoms with Gasteiger partial charge in [-0.25, -0.2) is 0 Å². The molecule has 0 spiro atoms. The van der Waals surface area contributed by atoms with Crippen LogP contribution in [0, 0.1) is 0 Å². The van der Waals surface area contributed by atoms with E-state index in [4.69, 9.17) is 19.7 Å². The first-order chi connectivity index (χ1) is 8.36. The van der Waals surface area contributed by atoms with Crippen LogP contribution in [0.3, 0.4) is 0 Å². The summed E-state index contributed by atoms with van der Waals surface area (Å²) >= 11 is 0. The van der Waals surface area contributed by atoms with Gasteiger partial charge in [0.25, 0.3) is 0 Å². The highest BCUT2D eigenvalue weighted by Gasteiger charge is 2.23. The zero-order valence-corrected chi connectivity index (χ0v) is 9.93.